The monoisotopic (exact) mass is 371 g/mol. The van der Waals surface area contributed by atoms with E-state index >= 15 is 0 Å². The Morgan fingerprint density at radius 1 is 1.38 bits per heavy atom. The minimum absolute atomic E-state index is 0.0232. The van der Waals surface area contributed by atoms with Crippen molar-refractivity contribution in [1.82, 2.24) is 4.98 Å². The van der Waals surface area contributed by atoms with Crippen LogP contribution < -0.4 is 0 Å². The average Bonchev–Trinajstić information content (AvgIpc) is 2.14. The van der Waals surface area contributed by atoms with Gasteiger partial charge in [-0.1, -0.05) is 0 Å². The van der Waals surface area contributed by atoms with Crippen LogP contribution in [0, 0.1) is 3.70 Å². The lowest BCUT2D eigenvalue weighted by Gasteiger charge is -2.15. The third-order valence-electron chi connectivity index (χ3n) is 1.76. The molecule has 0 unspecified atom stereocenters. The fourth-order valence-electron chi connectivity index (χ4n) is 1.15. The molecule has 0 radical (unpaired) electrons. The maximum Gasteiger partial charge on any atom is 0.417 e. The van der Waals surface area contributed by atoms with Gasteiger partial charge in [0, 0.05) is 0 Å². The van der Waals surface area contributed by atoms with Gasteiger partial charge in [0.15, 0.2) is 0 Å². The van der Waals surface area contributed by atoms with E-state index in [0.29, 0.717) is 6.07 Å². The standard InChI is InChI=1S/C8H4ClF5IN/c9-2-4-6(7(10)11)3(8(12,13)14)1-5(15)16-4/h1,7H,2H2. The molecule has 0 saturated heterocycles. The molecule has 0 aliphatic heterocycles. The van der Waals surface area contributed by atoms with Crippen LogP contribution in [0.25, 0.3) is 0 Å². The Balaban J connectivity index is 3.51. The third kappa shape index (κ3) is 2.93. The molecule has 1 aromatic rings. The lowest BCUT2D eigenvalue weighted by atomic mass is 10.1. The predicted octanol–water partition coefficient (Wildman–Crippen LogP) is 4.38. The van der Waals surface area contributed by atoms with Crippen LogP contribution in [0.1, 0.15) is 23.2 Å². The lowest BCUT2D eigenvalue weighted by molar-refractivity contribution is -0.139. The molecule has 0 amide bonds. The Kier molecular flexibility index (Phi) is 4.33. The van der Waals surface area contributed by atoms with E-state index in [0.717, 1.165) is 0 Å². The molecule has 0 saturated carbocycles. The maximum atomic E-state index is 12.5. The van der Waals surface area contributed by atoms with Gasteiger partial charge in [-0.2, -0.15) is 13.2 Å². The normalized spacial score (nSPS) is 12.2. The van der Waals surface area contributed by atoms with Crippen LogP contribution >= 0.6 is 34.2 Å². The first-order valence-electron chi connectivity index (χ1n) is 3.88. The van der Waals surface area contributed by atoms with Crippen molar-refractivity contribution in [1.29, 1.82) is 0 Å². The van der Waals surface area contributed by atoms with E-state index in [-0.39, 0.29) is 3.70 Å². The Bertz CT molecular complexity index is 393. The number of pyridine rings is 1. The number of hydrogen-bond donors (Lipinski definition) is 0. The molecule has 1 nitrogen and oxygen atoms in total. The highest BCUT2D eigenvalue weighted by atomic mass is 127. The maximum absolute atomic E-state index is 12.5. The van der Waals surface area contributed by atoms with E-state index in [1.807, 2.05) is 0 Å². The number of rotatable bonds is 2. The second-order valence-corrected chi connectivity index (χ2v) is 4.16. The smallest absolute Gasteiger partial charge is 0.245 e. The van der Waals surface area contributed by atoms with E-state index in [1.165, 1.54) is 22.6 Å². The van der Waals surface area contributed by atoms with Crippen molar-refractivity contribution in [3.63, 3.8) is 0 Å². The van der Waals surface area contributed by atoms with Crippen LogP contribution in [0.15, 0.2) is 6.07 Å². The summed E-state index contributed by atoms with van der Waals surface area (Å²) < 4.78 is 62.5. The van der Waals surface area contributed by atoms with Crippen molar-refractivity contribution in [2.45, 2.75) is 18.5 Å². The van der Waals surface area contributed by atoms with E-state index in [2.05, 4.69) is 4.98 Å². The summed E-state index contributed by atoms with van der Waals surface area (Å²) >= 11 is 6.82. The largest absolute Gasteiger partial charge is 0.417 e. The average molecular weight is 371 g/mol. The van der Waals surface area contributed by atoms with Crippen LogP contribution in [0.4, 0.5) is 22.0 Å². The van der Waals surface area contributed by atoms with Crippen LogP contribution in [0.2, 0.25) is 0 Å². The summed E-state index contributed by atoms with van der Waals surface area (Å²) in [7, 11) is 0. The van der Waals surface area contributed by atoms with Gasteiger partial charge in [0.1, 0.15) is 3.70 Å². The van der Waals surface area contributed by atoms with Crippen LogP contribution in [0.5, 0.6) is 0 Å². The second-order valence-electron chi connectivity index (χ2n) is 2.78. The third-order valence-corrected chi connectivity index (χ3v) is 2.56. The highest BCUT2D eigenvalue weighted by Gasteiger charge is 2.37. The zero-order chi connectivity index (χ0) is 12.5. The van der Waals surface area contributed by atoms with Gasteiger partial charge in [-0.3, -0.25) is 0 Å². The molecule has 0 aliphatic rings. The summed E-state index contributed by atoms with van der Waals surface area (Å²) in [5, 5.41) is 0. The molecule has 1 heterocycles. The molecule has 8 heteroatoms. The van der Waals surface area contributed by atoms with Crippen LogP contribution in [-0.2, 0) is 12.1 Å². The summed E-state index contributed by atoms with van der Waals surface area (Å²) in [6.07, 6.45) is -8.09. The zero-order valence-electron chi connectivity index (χ0n) is 7.45. The summed E-state index contributed by atoms with van der Waals surface area (Å²) in [6.45, 7) is 0. The van der Waals surface area contributed by atoms with Gasteiger partial charge in [-0.05, 0) is 28.7 Å². The van der Waals surface area contributed by atoms with Gasteiger partial charge >= 0.3 is 6.18 Å². The van der Waals surface area contributed by atoms with Crippen molar-refractivity contribution >= 4 is 34.2 Å². The molecule has 0 atom stereocenters. The molecule has 0 fully saturated rings. The van der Waals surface area contributed by atoms with E-state index in [4.69, 9.17) is 11.6 Å². The molecule has 0 aliphatic carbocycles. The Morgan fingerprint density at radius 3 is 2.31 bits per heavy atom. The predicted molar refractivity (Wildman–Crippen MR) is 56.5 cm³/mol. The number of alkyl halides is 6. The summed E-state index contributed by atoms with van der Waals surface area (Å²) in [5.74, 6) is -0.487. The zero-order valence-corrected chi connectivity index (χ0v) is 10.4. The lowest BCUT2D eigenvalue weighted by Crippen LogP contribution is -2.13. The number of nitrogens with zero attached hydrogens (tertiary/aromatic N) is 1. The molecule has 0 aromatic carbocycles. The summed E-state index contributed by atoms with van der Waals surface area (Å²) in [5.41, 5.74) is -2.95. The van der Waals surface area contributed by atoms with E-state index in [1.54, 1.807) is 0 Å². The fourth-order valence-corrected chi connectivity index (χ4v) is 1.96. The first kappa shape index (κ1) is 13.9. The number of hydrogen-bond acceptors (Lipinski definition) is 1. The molecular formula is C8H4ClF5IN. The molecule has 1 rings (SSSR count). The van der Waals surface area contributed by atoms with Crippen molar-refractivity contribution in [3.8, 4) is 0 Å². The van der Waals surface area contributed by atoms with Crippen molar-refractivity contribution in [2.24, 2.45) is 0 Å². The molecule has 0 N–H and O–H groups in total. The van der Waals surface area contributed by atoms with Gasteiger partial charge in [-0.15, -0.1) is 11.6 Å². The highest BCUT2D eigenvalue weighted by molar-refractivity contribution is 14.1. The van der Waals surface area contributed by atoms with Gasteiger partial charge in [-0.25, -0.2) is 13.8 Å². The van der Waals surface area contributed by atoms with Gasteiger partial charge in [0.2, 0.25) is 0 Å². The Morgan fingerprint density at radius 2 is 1.94 bits per heavy atom. The fraction of sp³-hybridized carbons (Fsp3) is 0.375. The second kappa shape index (κ2) is 4.99. The summed E-state index contributed by atoms with van der Waals surface area (Å²) in [4.78, 5) is 3.56. The Hall–Kier alpha value is -0.180. The number of aromatic nitrogens is 1. The minimum Gasteiger partial charge on any atom is -0.245 e. The first-order chi connectivity index (χ1) is 7.27. The number of halogens is 7. The van der Waals surface area contributed by atoms with Gasteiger partial charge in [0.05, 0.1) is 22.7 Å². The van der Waals surface area contributed by atoms with E-state index < -0.39 is 35.3 Å². The van der Waals surface area contributed by atoms with E-state index in [9.17, 15) is 22.0 Å². The van der Waals surface area contributed by atoms with Crippen molar-refractivity contribution < 1.29 is 22.0 Å². The molecule has 90 valence electrons. The topological polar surface area (TPSA) is 12.9 Å². The molecule has 0 bridgehead atoms. The quantitative estimate of drug-likeness (QED) is 0.325. The van der Waals surface area contributed by atoms with Crippen molar-refractivity contribution in [3.05, 3.63) is 26.6 Å². The first-order valence-corrected chi connectivity index (χ1v) is 5.49. The van der Waals surface area contributed by atoms with Gasteiger partial charge < -0.3 is 0 Å². The molecule has 1 aromatic heterocycles. The highest BCUT2D eigenvalue weighted by Crippen LogP contribution is 2.38. The van der Waals surface area contributed by atoms with Gasteiger partial charge in [0.25, 0.3) is 6.43 Å². The Labute approximate surface area is 106 Å². The van der Waals surface area contributed by atoms with Crippen molar-refractivity contribution in [2.75, 3.05) is 0 Å². The molecule has 16 heavy (non-hydrogen) atoms. The minimum atomic E-state index is -4.84. The SMILES string of the molecule is FC(F)c1c(C(F)(F)F)cc(I)nc1CCl. The molecule has 0 spiro atoms. The van der Waals surface area contributed by atoms with Crippen LogP contribution in [-0.4, -0.2) is 4.98 Å². The summed E-state index contributed by atoms with van der Waals surface area (Å²) in [6, 6.07) is 0.581. The molecular weight excluding hydrogens is 367 g/mol. The van der Waals surface area contributed by atoms with Crippen LogP contribution in [0.3, 0.4) is 0 Å².